The van der Waals surface area contributed by atoms with E-state index in [0.717, 1.165) is 11.3 Å². The molecule has 0 aliphatic rings. The zero-order chi connectivity index (χ0) is 7.40. The van der Waals surface area contributed by atoms with E-state index in [0.29, 0.717) is 0 Å². The Morgan fingerprint density at radius 1 is 1.60 bits per heavy atom. The van der Waals surface area contributed by atoms with Crippen LogP contribution in [0.15, 0.2) is 24.9 Å². The first-order chi connectivity index (χ1) is 4.88. The summed E-state index contributed by atoms with van der Waals surface area (Å²) in [5, 5.41) is 0. The number of aromatic nitrogens is 1. The molecule has 1 aromatic rings. The van der Waals surface area contributed by atoms with Crippen LogP contribution in [0.25, 0.3) is 12.2 Å². The van der Waals surface area contributed by atoms with Crippen LogP contribution in [0.3, 0.4) is 0 Å². The molecule has 1 rings (SSSR count). The zero-order valence-electron chi connectivity index (χ0n) is 6.09. The molecule has 0 saturated heterocycles. The fraction of sp³-hybridized carbons (Fsp3) is 0.111. The Labute approximate surface area is 61.1 Å². The molecule has 0 spiro atoms. The average Bonchev–Trinajstić information content (AvgIpc) is 2.36. The molecule has 0 aliphatic carbocycles. The number of allylic oxidation sites excluding steroid dienone is 1. The minimum atomic E-state index is 1.12. The third-order valence-corrected chi connectivity index (χ3v) is 1.37. The van der Waals surface area contributed by atoms with Crippen LogP contribution in [0, 0.1) is 0 Å². The molecule has 1 nitrogen and oxygen atoms in total. The van der Waals surface area contributed by atoms with Gasteiger partial charge < -0.3 is 4.98 Å². The van der Waals surface area contributed by atoms with Gasteiger partial charge in [-0.1, -0.05) is 18.7 Å². The van der Waals surface area contributed by atoms with Gasteiger partial charge in [-0.2, -0.15) is 0 Å². The second-order valence-corrected chi connectivity index (χ2v) is 2.05. The predicted octanol–water partition coefficient (Wildman–Crippen LogP) is 2.69. The Morgan fingerprint density at radius 2 is 2.40 bits per heavy atom. The highest BCUT2D eigenvalue weighted by Gasteiger charge is 1.92. The standard InChI is InChI=1S/C9H11N/c1-3-5-9-8(4-2)6-7-10-9/h3-7,10H,2H2,1H3/b5-3-. The highest BCUT2D eigenvalue weighted by Crippen LogP contribution is 2.08. The van der Waals surface area contributed by atoms with Crippen molar-refractivity contribution < 1.29 is 0 Å². The first-order valence-corrected chi connectivity index (χ1v) is 3.31. The smallest absolute Gasteiger partial charge is 0.0450 e. The fourth-order valence-corrected chi connectivity index (χ4v) is 0.883. The number of nitrogens with one attached hydrogen (secondary N) is 1. The maximum atomic E-state index is 3.69. The molecule has 0 aromatic carbocycles. The molecule has 0 atom stereocenters. The molecule has 0 bridgehead atoms. The second kappa shape index (κ2) is 3.06. The van der Waals surface area contributed by atoms with Crippen LogP contribution in [0.1, 0.15) is 18.2 Å². The Kier molecular flexibility index (Phi) is 2.11. The third-order valence-electron chi connectivity index (χ3n) is 1.37. The van der Waals surface area contributed by atoms with Crippen LogP contribution in [-0.2, 0) is 0 Å². The normalized spacial score (nSPS) is 10.5. The van der Waals surface area contributed by atoms with Gasteiger partial charge in [0.15, 0.2) is 0 Å². The number of hydrogen-bond donors (Lipinski definition) is 1. The van der Waals surface area contributed by atoms with Crippen molar-refractivity contribution in [2.45, 2.75) is 6.92 Å². The third kappa shape index (κ3) is 1.18. The second-order valence-electron chi connectivity index (χ2n) is 2.05. The van der Waals surface area contributed by atoms with Crippen LogP contribution in [-0.4, -0.2) is 4.98 Å². The summed E-state index contributed by atoms with van der Waals surface area (Å²) in [7, 11) is 0. The maximum absolute atomic E-state index is 3.69. The largest absolute Gasteiger partial charge is 0.361 e. The van der Waals surface area contributed by atoms with Crippen molar-refractivity contribution in [2.24, 2.45) is 0 Å². The molecule has 1 N–H and O–H groups in total. The van der Waals surface area contributed by atoms with Crippen LogP contribution in [0.5, 0.6) is 0 Å². The van der Waals surface area contributed by atoms with Crippen molar-refractivity contribution in [1.29, 1.82) is 0 Å². The molecule has 0 fully saturated rings. The molecule has 0 aliphatic heterocycles. The first kappa shape index (κ1) is 6.87. The molecule has 0 saturated carbocycles. The van der Waals surface area contributed by atoms with Crippen LogP contribution < -0.4 is 0 Å². The quantitative estimate of drug-likeness (QED) is 0.638. The zero-order valence-corrected chi connectivity index (χ0v) is 6.09. The maximum Gasteiger partial charge on any atom is 0.0450 e. The first-order valence-electron chi connectivity index (χ1n) is 3.31. The lowest BCUT2D eigenvalue weighted by Crippen LogP contribution is -1.72. The topological polar surface area (TPSA) is 15.8 Å². The van der Waals surface area contributed by atoms with Crippen molar-refractivity contribution in [1.82, 2.24) is 4.98 Å². The van der Waals surface area contributed by atoms with E-state index in [2.05, 4.69) is 11.6 Å². The molecule has 0 unspecified atom stereocenters. The van der Waals surface area contributed by atoms with Crippen LogP contribution >= 0.6 is 0 Å². The summed E-state index contributed by atoms with van der Waals surface area (Å²) in [6, 6.07) is 2.00. The lowest BCUT2D eigenvalue weighted by molar-refractivity contribution is 1.37. The van der Waals surface area contributed by atoms with Crippen molar-refractivity contribution >= 4 is 12.2 Å². The minimum Gasteiger partial charge on any atom is -0.361 e. The van der Waals surface area contributed by atoms with Gasteiger partial charge in [-0.05, 0) is 24.6 Å². The minimum absolute atomic E-state index is 1.12. The number of aromatic amines is 1. The van der Waals surface area contributed by atoms with E-state index in [1.54, 1.807) is 0 Å². The Hall–Kier alpha value is -1.24. The summed E-state index contributed by atoms with van der Waals surface area (Å²) in [6.07, 6.45) is 7.77. The summed E-state index contributed by atoms with van der Waals surface area (Å²) in [5.41, 5.74) is 2.27. The van der Waals surface area contributed by atoms with Crippen molar-refractivity contribution in [3.63, 3.8) is 0 Å². The Morgan fingerprint density at radius 3 is 3.00 bits per heavy atom. The Bertz CT molecular complexity index is 243. The molecular weight excluding hydrogens is 122 g/mol. The monoisotopic (exact) mass is 133 g/mol. The highest BCUT2D eigenvalue weighted by atomic mass is 14.7. The predicted molar refractivity (Wildman–Crippen MR) is 45.6 cm³/mol. The van der Waals surface area contributed by atoms with E-state index in [4.69, 9.17) is 0 Å². The molecule has 1 aromatic heterocycles. The van der Waals surface area contributed by atoms with E-state index in [1.165, 1.54) is 0 Å². The van der Waals surface area contributed by atoms with Crippen molar-refractivity contribution in [3.8, 4) is 0 Å². The molecular formula is C9H11N. The molecule has 1 heteroatoms. The number of hydrogen-bond acceptors (Lipinski definition) is 0. The summed E-state index contributed by atoms with van der Waals surface area (Å²) in [6.45, 7) is 5.69. The van der Waals surface area contributed by atoms with Gasteiger partial charge in [-0.3, -0.25) is 0 Å². The number of rotatable bonds is 2. The summed E-state index contributed by atoms with van der Waals surface area (Å²) < 4.78 is 0. The van der Waals surface area contributed by atoms with Gasteiger partial charge in [0.25, 0.3) is 0 Å². The van der Waals surface area contributed by atoms with Gasteiger partial charge in [-0.15, -0.1) is 0 Å². The van der Waals surface area contributed by atoms with Gasteiger partial charge in [0.2, 0.25) is 0 Å². The molecule has 0 amide bonds. The number of H-pyrrole nitrogens is 1. The van der Waals surface area contributed by atoms with E-state index < -0.39 is 0 Å². The van der Waals surface area contributed by atoms with E-state index in [1.807, 2.05) is 37.4 Å². The van der Waals surface area contributed by atoms with E-state index in [9.17, 15) is 0 Å². The van der Waals surface area contributed by atoms with Gasteiger partial charge in [0.05, 0.1) is 0 Å². The summed E-state index contributed by atoms with van der Waals surface area (Å²) in [4.78, 5) is 3.10. The van der Waals surface area contributed by atoms with E-state index in [-0.39, 0.29) is 0 Å². The molecule has 1 heterocycles. The van der Waals surface area contributed by atoms with Crippen molar-refractivity contribution in [3.05, 3.63) is 36.2 Å². The van der Waals surface area contributed by atoms with Gasteiger partial charge >= 0.3 is 0 Å². The van der Waals surface area contributed by atoms with Crippen molar-refractivity contribution in [2.75, 3.05) is 0 Å². The SMILES string of the molecule is C=Cc1cc[nH]c1/C=C\C. The van der Waals surface area contributed by atoms with E-state index >= 15 is 0 Å². The highest BCUT2D eigenvalue weighted by molar-refractivity contribution is 5.61. The summed E-state index contributed by atoms with van der Waals surface area (Å²) in [5.74, 6) is 0. The molecule has 10 heavy (non-hydrogen) atoms. The lowest BCUT2D eigenvalue weighted by Gasteiger charge is -1.88. The lowest BCUT2D eigenvalue weighted by atomic mass is 10.2. The van der Waals surface area contributed by atoms with Gasteiger partial charge in [0.1, 0.15) is 0 Å². The summed E-state index contributed by atoms with van der Waals surface area (Å²) >= 11 is 0. The fourth-order valence-electron chi connectivity index (χ4n) is 0.883. The molecule has 0 radical (unpaired) electrons. The Balaban J connectivity index is 3.00. The molecule has 52 valence electrons. The van der Waals surface area contributed by atoms with Gasteiger partial charge in [-0.25, -0.2) is 0 Å². The van der Waals surface area contributed by atoms with Crippen LogP contribution in [0.4, 0.5) is 0 Å². The van der Waals surface area contributed by atoms with Gasteiger partial charge in [0, 0.05) is 11.9 Å². The average molecular weight is 133 g/mol. The van der Waals surface area contributed by atoms with Crippen LogP contribution in [0.2, 0.25) is 0 Å².